The largest absolute Gasteiger partial charge is 0.323 e. The van der Waals surface area contributed by atoms with Crippen molar-refractivity contribution in [1.82, 2.24) is 5.32 Å². The number of halogens is 2. The molecule has 2 aromatic rings. The normalized spacial score (nSPS) is 10.6. The van der Waals surface area contributed by atoms with E-state index in [0.717, 1.165) is 25.8 Å². The lowest BCUT2D eigenvalue weighted by Crippen LogP contribution is -2.23. The molecule has 3 nitrogen and oxygen atoms in total. The Kier molecular flexibility index (Phi) is 5.59. The van der Waals surface area contributed by atoms with Crippen molar-refractivity contribution in [2.75, 3.05) is 5.32 Å². The van der Waals surface area contributed by atoms with Crippen molar-refractivity contribution < 1.29 is 4.79 Å². The summed E-state index contributed by atoms with van der Waals surface area (Å²) in [6.07, 6.45) is 3.44. The van der Waals surface area contributed by atoms with Crippen molar-refractivity contribution in [2.45, 2.75) is 6.92 Å². The highest BCUT2D eigenvalue weighted by molar-refractivity contribution is 9.10. The zero-order chi connectivity index (χ0) is 15.2. The molecule has 0 radical (unpaired) electrons. The first-order valence-electron chi connectivity index (χ1n) is 6.30. The third-order valence-electron chi connectivity index (χ3n) is 2.73. The van der Waals surface area contributed by atoms with Crippen molar-refractivity contribution in [2.24, 2.45) is 0 Å². The molecule has 2 aromatic carbocycles. The minimum absolute atomic E-state index is 0.284. The molecule has 0 heterocycles. The highest BCUT2D eigenvalue weighted by Gasteiger charge is 2.03. The molecule has 0 aliphatic rings. The van der Waals surface area contributed by atoms with Crippen LogP contribution in [-0.2, 0) is 0 Å². The van der Waals surface area contributed by atoms with E-state index in [1.807, 2.05) is 55.5 Å². The highest BCUT2D eigenvalue weighted by Crippen LogP contribution is 2.23. The Morgan fingerprint density at radius 3 is 2.48 bits per heavy atom. The van der Waals surface area contributed by atoms with Gasteiger partial charge in [-0.05, 0) is 64.3 Å². The van der Waals surface area contributed by atoms with Gasteiger partial charge in [0.15, 0.2) is 0 Å². The summed E-state index contributed by atoms with van der Waals surface area (Å²) >= 11 is 6.80. The zero-order valence-electron chi connectivity index (χ0n) is 11.4. The fourth-order valence-electron chi connectivity index (χ4n) is 1.67. The van der Waals surface area contributed by atoms with E-state index in [4.69, 9.17) is 0 Å². The average molecular weight is 410 g/mol. The van der Waals surface area contributed by atoms with E-state index in [-0.39, 0.29) is 6.03 Å². The van der Waals surface area contributed by atoms with Gasteiger partial charge in [-0.15, -0.1) is 0 Å². The summed E-state index contributed by atoms with van der Waals surface area (Å²) in [5.41, 5.74) is 2.87. The minimum Gasteiger partial charge on any atom is -0.314 e. The molecule has 0 saturated carbocycles. The third kappa shape index (κ3) is 5.02. The lowest BCUT2D eigenvalue weighted by molar-refractivity contribution is 0.255. The van der Waals surface area contributed by atoms with Crippen LogP contribution in [0.25, 0.3) is 6.08 Å². The molecule has 0 spiro atoms. The second-order valence-corrected chi connectivity index (χ2v) is 6.24. The molecular weight excluding hydrogens is 396 g/mol. The fraction of sp³-hybridized carbons (Fsp3) is 0.0625. The average Bonchev–Trinajstić information content (AvgIpc) is 2.44. The molecule has 2 N–H and O–H groups in total. The second-order valence-electron chi connectivity index (χ2n) is 4.47. The maximum absolute atomic E-state index is 11.8. The maximum atomic E-state index is 11.8. The van der Waals surface area contributed by atoms with Crippen LogP contribution in [-0.4, -0.2) is 6.03 Å². The van der Waals surface area contributed by atoms with Gasteiger partial charge < -0.3 is 10.6 Å². The molecule has 0 unspecified atom stereocenters. The summed E-state index contributed by atoms with van der Waals surface area (Å²) in [6.45, 7) is 2.00. The number of carbonyl (C=O) groups excluding carboxylic acids is 1. The monoisotopic (exact) mass is 408 g/mol. The molecule has 2 amide bonds. The molecule has 0 bridgehead atoms. The van der Waals surface area contributed by atoms with Gasteiger partial charge in [0.1, 0.15) is 0 Å². The second kappa shape index (κ2) is 7.43. The van der Waals surface area contributed by atoms with Crippen LogP contribution < -0.4 is 10.6 Å². The Balaban J connectivity index is 1.91. The van der Waals surface area contributed by atoms with E-state index < -0.39 is 0 Å². The smallest absolute Gasteiger partial charge is 0.314 e. The minimum atomic E-state index is -0.284. The maximum Gasteiger partial charge on any atom is 0.323 e. The lowest BCUT2D eigenvalue weighted by Gasteiger charge is -2.07. The lowest BCUT2D eigenvalue weighted by atomic mass is 10.2. The van der Waals surface area contributed by atoms with Crippen molar-refractivity contribution in [3.8, 4) is 0 Å². The van der Waals surface area contributed by atoms with Gasteiger partial charge in [0.2, 0.25) is 0 Å². The summed E-state index contributed by atoms with van der Waals surface area (Å²) in [6, 6.07) is 13.3. The van der Waals surface area contributed by atoms with Crippen LogP contribution in [0.4, 0.5) is 10.5 Å². The van der Waals surface area contributed by atoms with E-state index >= 15 is 0 Å². The molecule has 0 aromatic heterocycles. The van der Waals surface area contributed by atoms with E-state index in [9.17, 15) is 4.79 Å². The van der Waals surface area contributed by atoms with Gasteiger partial charge in [0.05, 0.1) is 5.69 Å². The number of hydrogen-bond donors (Lipinski definition) is 2. The third-order valence-corrected chi connectivity index (χ3v) is 3.92. The SMILES string of the molecule is Cc1ccc(NC(=O)N/C=C/c2ccc(Br)cc2)c(Br)c1. The number of anilines is 1. The van der Waals surface area contributed by atoms with Gasteiger partial charge in [0.25, 0.3) is 0 Å². The number of urea groups is 1. The van der Waals surface area contributed by atoms with Gasteiger partial charge in [-0.25, -0.2) is 4.79 Å². The number of benzene rings is 2. The molecule has 0 aliphatic carbocycles. The molecular formula is C16H14Br2N2O. The first-order valence-corrected chi connectivity index (χ1v) is 7.89. The van der Waals surface area contributed by atoms with Gasteiger partial charge in [-0.2, -0.15) is 0 Å². The highest BCUT2D eigenvalue weighted by atomic mass is 79.9. The topological polar surface area (TPSA) is 41.1 Å². The Hall–Kier alpha value is -1.59. The van der Waals surface area contributed by atoms with Crippen molar-refractivity contribution in [1.29, 1.82) is 0 Å². The number of aryl methyl sites for hydroxylation is 1. The van der Waals surface area contributed by atoms with E-state index in [2.05, 4.69) is 42.5 Å². The molecule has 5 heteroatoms. The molecule has 0 atom stereocenters. The first-order chi connectivity index (χ1) is 10.0. The van der Waals surface area contributed by atoms with Crippen LogP contribution in [0.15, 0.2) is 57.6 Å². The zero-order valence-corrected chi connectivity index (χ0v) is 14.5. The van der Waals surface area contributed by atoms with Gasteiger partial charge >= 0.3 is 6.03 Å². The summed E-state index contributed by atoms with van der Waals surface area (Å²) in [5, 5.41) is 5.45. The number of hydrogen-bond acceptors (Lipinski definition) is 1. The summed E-state index contributed by atoms with van der Waals surface area (Å²) in [7, 11) is 0. The molecule has 108 valence electrons. The van der Waals surface area contributed by atoms with E-state index in [1.54, 1.807) is 6.20 Å². The molecule has 2 rings (SSSR count). The number of amides is 2. The predicted molar refractivity (Wildman–Crippen MR) is 94.2 cm³/mol. The van der Waals surface area contributed by atoms with Crippen LogP contribution >= 0.6 is 31.9 Å². The van der Waals surface area contributed by atoms with Crippen LogP contribution in [0, 0.1) is 6.92 Å². The molecule has 0 saturated heterocycles. The molecule has 0 aliphatic heterocycles. The van der Waals surface area contributed by atoms with Gasteiger partial charge in [-0.3, -0.25) is 0 Å². The van der Waals surface area contributed by atoms with Gasteiger partial charge in [-0.1, -0.05) is 34.1 Å². The summed E-state index contributed by atoms with van der Waals surface area (Å²) < 4.78 is 1.88. The van der Waals surface area contributed by atoms with E-state index in [1.165, 1.54) is 0 Å². The number of rotatable bonds is 3. The standard InChI is InChI=1S/C16H14Br2N2O/c1-11-2-7-15(14(18)10-11)20-16(21)19-9-8-12-3-5-13(17)6-4-12/h2-10H,1H3,(H2,19,20,21)/b9-8+. The van der Waals surface area contributed by atoms with Gasteiger partial charge in [0, 0.05) is 15.1 Å². The fourth-order valence-corrected chi connectivity index (χ4v) is 2.52. The summed E-state index contributed by atoms with van der Waals surface area (Å²) in [4.78, 5) is 11.8. The van der Waals surface area contributed by atoms with Crippen LogP contribution in [0.5, 0.6) is 0 Å². The predicted octanol–water partition coefficient (Wildman–Crippen LogP) is 5.31. The summed E-state index contributed by atoms with van der Waals surface area (Å²) in [5.74, 6) is 0. The Bertz CT molecular complexity index is 666. The van der Waals surface area contributed by atoms with E-state index in [0.29, 0.717) is 0 Å². The van der Waals surface area contributed by atoms with Crippen molar-refractivity contribution in [3.63, 3.8) is 0 Å². The van der Waals surface area contributed by atoms with Crippen molar-refractivity contribution >= 4 is 49.7 Å². The van der Waals surface area contributed by atoms with Crippen LogP contribution in [0.2, 0.25) is 0 Å². The Morgan fingerprint density at radius 2 is 1.81 bits per heavy atom. The molecule has 0 fully saturated rings. The number of carbonyl (C=O) groups is 1. The Labute approximate surface area is 140 Å². The molecule has 21 heavy (non-hydrogen) atoms. The van der Waals surface area contributed by atoms with Crippen LogP contribution in [0.1, 0.15) is 11.1 Å². The Morgan fingerprint density at radius 1 is 1.10 bits per heavy atom. The van der Waals surface area contributed by atoms with Crippen molar-refractivity contribution in [3.05, 3.63) is 68.7 Å². The van der Waals surface area contributed by atoms with Crippen LogP contribution in [0.3, 0.4) is 0 Å². The first kappa shape index (κ1) is 15.8. The quantitative estimate of drug-likeness (QED) is 0.708. The number of nitrogens with one attached hydrogen (secondary N) is 2.